The van der Waals surface area contributed by atoms with Crippen molar-refractivity contribution >= 4 is 23.2 Å². The number of rotatable bonds is 2. The van der Waals surface area contributed by atoms with Gasteiger partial charge in [0.05, 0.1) is 16.3 Å². The van der Waals surface area contributed by atoms with E-state index in [0.717, 1.165) is 0 Å². The van der Waals surface area contributed by atoms with Gasteiger partial charge < -0.3 is 9.51 Å². The summed E-state index contributed by atoms with van der Waals surface area (Å²) >= 11 is 5.99. The zero-order valence-corrected chi connectivity index (χ0v) is 10.8. The first-order valence-corrected chi connectivity index (χ1v) is 6.10. The van der Waals surface area contributed by atoms with Crippen molar-refractivity contribution < 1.29 is 14.3 Å². The maximum atomic E-state index is 13.0. The van der Waals surface area contributed by atoms with Crippen LogP contribution in [0, 0.1) is 5.82 Å². The fraction of sp³-hybridized carbons (Fsp3) is 0. The maximum absolute atomic E-state index is 13.0. The van der Waals surface area contributed by atoms with Crippen LogP contribution in [0.5, 0.6) is 0 Å². The highest BCUT2D eigenvalue weighted by atomic mass is 35.5. The molecule has 0 fully saturated rings. The number of hydrogen-bond acceptors (Lipinski definition) is 2. The summed E-state index contributed by atoms with van der Waals surface area (Å²) in [6.45, 7) is 0. The first kappa shape index (κ1) is 12.6. The first-order chi connectivity index (χ1) is 9.54. The first-order valence-electron chi connectivity index (χ1n) is 5.72. The van der Waals surface area contributed by atoms with Crippen LogP contribution in [0.4, 0.5) is 4.39 Å². The number of benzene rings is 1. The Labute approximate surface area is 118 Å². The van der Waals surface area contributed by atoms with Crippen LogP contribution < -0.4 is 0 Å². The number of fused-ring (bicyclic) bond motifs is 1. The number of aromatic carboxylic acids is 1. The van der Waals surface area contributed by atoms with Crippen molar-refractivity contribution in [2.24, 2.45) is 0 Å². The topological polar surface area (TPSA) is 54.6 Å². The Hall–Kier alpha value is -2.40. The maximum Gasteiger partial charge on any atom is 0.335 e. The molecule has 0 unspecified atom stereocenters. The summed E-state index contributed by atoms with van der Waals surface area (Å²) < 4.78 is 14.7. The van der Waals surface area contributed by atoms with Crippen LogP contribution in [0.1, 0.15) is 10.4 Å². The smallest absolute Gasteiger partial charge is 0.335 e. The molecule has 3 aromatic rings. The lowest BCUT2D eigenvalue weighted by atomic mass is 10.2. The number of carbonyl (C=O) groups is 1. The van der Waals surface area contributed by atoms with E-state index in [4.69, 9.17) is 16.7 Å². The molecule has 4 nitrogen and oxygen atoms in total. The Kier molecular flexibility index (Phi) is 2.91. The molecule has 100 valence electrons. The number of carboxylic acid groups (broad SMARTS) is 1. The van der Waals surface area contributed by atoms with Crippen LogP contribution in [0.3, 0.4) is 0 Å². The molecular weight excluding hydrogens is 283 g/mol. The summed E-state index contributed by atoms with van der Waals surface area (Å²) in [6.07, 6.45) is 3.31. The minimum Gasteiger partial charge on any atom is -0.478 e. The van der Waals surface area contributed by atoms with Gasteiger partial charge in [-0.05, 0) is 30.3 Å². The number of nitrogens with zero attached hydrogens (tertiary/aromatic N) is 2. The molecule has 0 spiro atoms. The molecule has 0 aliphatic rings. The molecule has 0 amide bonds. The predicted octanol–water partition coefficient (Wildman–Crippen LogP) is 3.49. The van der Waals surface area contributed by atoms with E-state index in [1.54, 1.807) is 16.8 Å². The second kappa shape index (κ2) is 4.61. The SMILES string of the molecule is O=C(O)c1ccn2cc(-c3ccc(F)cc3Cl)nc2c1. The zero-order valence-electron chi connectivity index (χ0n) is 10.0. The molecule has 0 radical (unpaired) electrons. The Morgan fingerprint density at radius 3 is 2.80 bits per heavy atom. The van der Waals surface area contributed by atoms with Gasteiger partial charge in [-0.25, -0.2) is 14.2 Å². The van der Waals surface area contributed by atoms with Crippen molar-refractivity contribution in [1.82, 2.24) is 9.38 Å². The van der Waals surface area contributed by atoms with E-state index in [1.807, 2.05) is 0 Å². The molecule has 0 aliphatic heterocycles. The lowest BCUT2D eigenvalue weighted by Crippen LogP contribution is -1.96. The summed E-state index contributed by atoms with van der Waals surface area (Å²) in [4.78, 5) is 15.2. The Morgan fingerprint density at radius 2 is 2.10 bits per heavy atom. The van der Waals surface area contributed by atoms with Gasteiger partial charge in [0.25, 0.3) is 0 Å². The van der Waals surface area contributed by atoms with Crippen molar-refractivity contribution in [3.63, 3.8) is 0 Å². The average molecular weight is 291 g/mol. The van der Waals surface area contributed by atoms with E-state index < -0.39 is 11.8 Å². The molecule has 0 saturated heterocycles. The summed E-state index contributed by atoms with van der Waals surface area (Å²) in [5.74, 6) is -1.44. The monoisotopic (exact) mass is 290 g/mol. The fourth-order valence-electron chi connectivity index (χ4n) is 1.94. The minimum atomic E-state index is -1.02. The third-order valence-corrected chi connectivity index (χ3v) is 3.23. The molecule has 0 saturated carbocycles. The second-order valence-electron chi connectivity index (χ2n) is 4.24. The summed E-state index contributed by atoms with van der Waals surface area (Å²) in [6, 6.07) is 6.99. The fourth-order valence-corrected chi connectivity index (χ4v) is 2.21. The lowest BCUT2D eigenvalue weighted by Gasteiger charge is -1.99. The summed E-state index contributed by atoms with van der Waals surface area (Å²) in [5, 5.41) is 9.20. The van der Waals surface area contributed by atoms with Gasteiger partial charge in [0, 0.05) is 18.0 Å². The highest BCUT2D eigenvalue weighted by Gasteiger charge is 2.11. The average Bonchev–Trinajstić information content (AvgIpc) is 2.80. The van der Waals surface area contributed by atoms with Gasteiger partial charge in [0.2, 0.25) is 0 Å². The molecule has 2 heterocycles. The number of imidazole rings is 1. The quantitative estimate of drug-likeness (QED) is 0.786. The number of aromatic nitrogens is 2. The van der Waals surface area contributed by atoms with Crippen LogP contribution >= 0.6 is 11.6 Å². The lowest BCUT2D eigenvalue weighted by molar-refractivity contribution is 0.0697. The Balaban J connectivity index is 2.15. The molecule has 2 aromatic heterocycles. The number of pyridine rings is 1. The largest absolute Gasteiger partial charge is 0.478 e. The molecule has 20 heavy (non-hydrogen) atoms. The molecule has 1 N–H and O–H groups in total. The molecule has 0 aliphatic carbocycles. The van der Waals surface area contributed by atoms with Gasteiger partial charge in [-0.15, -0.1) is 0 Å². The van der Waals surface area contributed by atoms with Gasteiger partial charge >= 0.3 is 5.97 Å². The highest BCUT2D eigenvalue weighted by molar-refractivity contribution is 6.33. The van der Waals surface area contributed by atoms with Crippen molar-refractivity contribution in [3.8, 4) is 11.3 Å². The van der Waals surface area contributed by atoms with Gasteiger partial charge in [-0.1, -0.05) is 11.6 Å². The molecule has 3 rings (SSSR count). The third-order valence-electron chi connectivity index (χ3n) is 2.91. The van der Waals surface area contributed by atoms with Crippen LogP contribution in [0.15, 0.2) is 42.7 Å². The zero-order chi connectivity index (χ0) is 14.3. The molecular formula is C14H8ClFN2O2. The summed E-state index contributed by atoms with van der Waals surface area (Å²) in [5.41, 5.74) is 1.78. The van der Waals surface area contributed by atoms with E-state index in [1.165, 1.54) is 30.3 Å². The summed E-state index contributed by atoms with van der Waals surface area (Å²) in [7, 11) is 0. The van der Waals surface area contributed by atoms with Crippen molar-refractivity contribution in [2.45, 2.75) is 0 Å². The molecule has 0 atom stereocenters. The highest BCUT2D eigenvalue weighted by Crippen LogP contribution is 2.28. The van der Waals surface area contributed by atoms with Crippen molar-refractivity contribution in [2.75, 3.05) is 0 Å². The van der Waals surface area contributed by atoms with Gasteiger partial charge in [0.15, 0.2) is 0 Å². The molecule has 1 aromatic carbocycles. The second-order valence-corrected chi connectivity index (χ2v) is 4.64. The predicted molar refractivity (Wildman–Crippen MR) is 72.6 cm³/mol. The minimum absolute atomic E-state index is 0.153. The molecule has 6 heteroatoms. The van der Waals surface area contributed by atoms with E-state index in [2.05, 4.69) is 4.98 Å². The Bertz CT molecular complexity index is 829. The van der Waals surface area contributed by atoms with Crippen LogP contribution in [-0.2, 0) is 0 Å². The normalized spacial score (nSPS) is 10.9. The molecule has 0 bridgehead atoms. The number of hydrogen-bond donors (Lipinski definition) is 1. The van der Waals surface area contributed by atoms with Crippen molar-refractivity contribution in [1.29, 1.82) is 0 Å². The standard InChI is InChI=1S/C14H8ClFN2O2/c15-11-6-9(16)1-2-10(11)12-7-18-4-3-8(14(19)20)5-13(18)17-12/h1-7H,(H,19,20). The van der Waals surface area contributed by atoms with Crippen molar-refractivity contribution in [3.05, 3.63) is 59.1 Å². The van der Waals surface area contributed by atoms with Crippen LogP contribution in [0.25, 0.3) is 16.9 Å². The van der Waals surface area contributed by atoms with Gasteiger partial charge in [-0.3, -0.25) is 0 Å². The van der Waals surface area contributed by atoms with Gasteiger partial charge in [0.1, 0.15) is 11.5 Å². The third kappa shape index (κ3) is 2.12. The number of carboxylic acids is 1. The van der Waals surface area contributed by atoms with E-state index in [-0.39, 0.29) is 10.6 Å². The van der Waals surface area contributed by atoms with Gasteiger partial charge in [-0.2, -0.15) is 0 Å². The van der Waals surface area contributed by atoms with Crippen LogP contribution in [-0.4, -0.2) is 20.5 Å². The number of halogens is 2. The van der Waals surface area contributed by atoms with Crippen LogP contribution in [0.2, 0.25) is 5.02 Å². The van der Waals surface area contributed by atoms with E-state index in [0.29, 0.717) is 16.9 Å². The Morgan fingerprint density at radius 1 is 1.30 bits per heavy atom. The van der Waals surface area contributed by atoms with E-state index >= 15 is 0 Å². The van der Waals surface area contributed by atoms with E-state index in [9.17, 15) is 9.18 Å².